The first-order chi connectivity index (χ1) is 8.95. The molecule has 1 aliphatic rings. The quantitative estimate of drug-likeness (QED) is 0.892. The van der Waals surface area contributed by atoms with Gasteiger partial charge in [-0.2, -0.15) is 0 Å². The molecule has 1 N–H and O–H groups in total. The minimum Gasteiger partial charge on any atom is -0.497 e. The number of anilines is 1. The van der Waals surface area contributed by atoms with Gasteiger partial charge in [0.1, 0.15) is 11.5 Å². The standard InChI is InChI=1S/C16H25NO2/c1-11-9-16(2,3)10-14(11)17-13-8-12(18-4)6-7-15(13)19-5/h6-8,11,14,17H,9-10H2,1-5H3. The van der Waals surface area contributed by atoms with E-state index in [1.807, 2.05) is 18.2 Å². The van der Waals surface area contributed by atoms with Crippen LogP contribution in [0, 0.1) is 11.3 Å². The molecule has 106 valence electrons. The molecule has 1 fully saturated rings. The molecule has 1 aromatic carbocycles. The van der Waals surface area contributed by atoms with Gasteiger partial charge in [0.05, 0.1) is 19.9 Å². The van der Waals surface area contributed by atoms with Crippen molar-refractivity contribution in [2.45, 2.75) is 39.7 Å². The number of ether oxygens (including phenoxy) is 2. The Morgan fingerprint density at radius 3 is 2.42 bits per heavy atom. The molecule has 0 heterocycles. The third kappa shape index (κ3) is 3.14. The smallest absolute Gasteiger partial charge is 0.142 e. The average Bonchev–Trinajstić information content (AvgIpc) is 2.62. The summed E-state index contributed by atoms with van der Waals surface area (Å²) in [6.45, 7) is 7.00. The molecule has 19 heavy (non-hydrogen) atoms. The minimum atomic E-state index is 0.420. The summed E-state index contributed by atoms with van der Waals surface area (Å²) in [4.78, 5) is 0. The Bertz CT molecular complexity index is 442. The number of hydrogen-bond acceptors (Lipinski definition) is 3. The first-order valence-electron chi connectivity index (χ1n) is 6.94. The molecule has 3 heteroatoms. The molecular weight excluding hydrogens is 238 g/mol. The van der Waals surface area contributed by atoms with Gasteiger partial charge in [0.25, 0.3) is 0 Å². The van der Waals surface area contributed by atoms with Crippen molar-refractivity contribution in [2.75, 3.05) is 19.5 Å². The zero-order valence-corrected chi connectivity index (χ0v) is 12.6. The molecule has 0 aliphatic heterocycles. The van der Waals surface area contributed by atoms with Crippen molar-refractivity contribution in [2.24, 2.45) is 11.3 Å². The zero-order valence-electron chi connectivity index (χ0n) is 12.6. The zero-order chi connectivity index (χ0) is 14.0. The summed E-state index contributed by atoms with van der Waals surface area (Å²) in [6, 6.07) is 6.38. The van der Waals surface area contributed by atoms with E-state index in [2.05, 4.69) is 26.1 Å². The van der Waals surface area contributed by atoms with Crippen LogP contribution in [0.3, 0.4) is 0 Å². The normalized spacial score (nSPS) is 25.1. The van der Waals surface area contributed by atoms with Crippen LogP contribution in [0.5, 0.6) is 11.5 Å². The Kier molecular flexibility index (Phi) is 3.93. The second-order valence-electron chi connectivity index (χ2n) is 6.37. The highest BCUT2D eigenvalue weighted by atomic mass is 16.5. The van der Waals surface area contributed by atoms with Crippen LogP contribution >= 0.6 is 0 Å². The summed E-state index contributed by atoms with van der Waals surface area (Å²) in [5, 5.41) is 3.64. The molecule has 2 rings (SSSR count). The number of rotatable bonds is 4. The van der Waals surface area contributed by atoms with Crippen molar-refractivity contribution >= 4 is 5.69 Å². The predicted molar refractivity (Wildman–Crippen MR) is 79.1 cm³/mol. The average molecular weight is 263 g/mol. The summed E-state index contributed by atoms with van der Waals surface area (Å²) in [5.74, 6) is 2.40. The highest BCUT2D eigenvalue weighted by molar-refractivity contribution is 5.60. The topological polar surface area (TPSA) is 30.5 Å². The molecule has 2 atom stereocenters. The molecule has 0 spiro atoms. The third-order valence-corrected chi connectivity index (χ3v) is 4.08. The van der Waals surface area contributed by atoms with E-state index in [1.54, 1.807) is 14.2 Å². The molecule has 0 amide bonds. The SMILES string of the molecule is COc1ccc(OC)c(NC2CC(C)(C)CC2C)c1. The van der Waals surface area contributed by atoms with Crippen molar-refractivity contribution in [3.8, 4) is 11.5 Å². The van der Waals surface area contributed by atoms with Gasteiger partial charge in [-0.1, -0.05) is 20.8 Å². The number of nitrogens with one attached hydrogen (secondary N) is 1. The molecule has 1 aromatic rings. The van der Waals surface area contributed by atoms with E-state index in [4.69, 9.17) is 9.47 Å². The van der Waals surface area contributed by atoms with Crippen molar-refractivity contribution in [3.05, 3.63) is 18.2 Å². The highest BCUT2D eigenvalue weighted by Gasteiger charge is 2.36. The second-order valence-corrected chi connectivity index (χ2v) is 6.37. The lowest BCUT2D eigenvalue weighted by Crippen LogP contribution is -2.22. The summed E-state index contributed by atoms with van der Waals surface area (Å²) >= 11 is 0. The van der Waals surface area contributed by atoms with Gasteiger partial charge in [0.15, 0.2) is 0 Å². The fraction of sp³-hybridized carbons (Fsp3) is 0.625. The summed E-state index contributed by atoms with van der Waals surface area (Å²) in [7, 11) is 3.39. The van der Waals surface area contributed by atoms with Crippen LogP contribution in [0.15, 0.2) is 18.2 Å². The molecule has 2 unspecified atom stereocenters. The van der Waals surface area contributed by atoms with Crippen LogP contribution in [-0.4, -0.2) is 20.3 Å². The lowest BCUT2D eigenvalue weighted by molar-refractivity contribution is 0.366. The van der Waals surface area contributed by atoms with Gasteiger partial charge in [-0.05, 0) is 36.3 Å². The van der Waals surface area contributed by atoms with Crippen LogP contribution in [0.2, 0.25) is 0 Å². The number of benzene rings is 1. The van der Waals surface area contributed by atoms with Gasteiger partial charge >= 0.3 is 0 Å². The Balaban J connectivity index is 2.18. The first kappa shape index (κ1) is 14.0. The number of hydrogen-bond donors (Lipinski definition) is 1. The molecule has 0 saturated heterocycles. The van der Waals surface area contributed by atoms with E-state index in [-0.39, 0.29) is 0 Å². The van der Waals surface area contributed by atoms with E-state index >= 15 is 0 Å². The van der Waals surface area contributed by atoms with Gasteiger partial charge in [0.2, 0.25) is 0 Å². The molecule has 0 bridgehead atoms. The van der Waals surface area contributed by atoms with E-state index in [1.165, 1.54) is 12.8 Å². The largest absolute Gasteiger partial charge is 0.497 e. The molecule has 0 aromatic heterocycles. The van der Waals surface area contributed by atoms with Crippen LogP contribution < -0.4 is 14.8 Å². The lowest BCUT2D eigenvalue weighted by atomic mass is 9.91. The Morgan fingerprint density at radius 1 is 1.16 bits per heavy atom. The molecule has 3 nitrogen and oxygen atoms in total. The monoisotopic (exact) mass is 263 g/mol. The van der Waals surface area contributed by atoms with Crippen molar-refractivity contribution in [1.29, 1.82) is 0 Å². The second kappa shape index (κ2) is 5.32. The van der Waals surface area contributed by atoms with Gasteiger partial charge in [-0.25, -0.2) is 0 Å². The molecule has 0 radical (unpaired) electrons. The van der Waals surface area contributed by atoms with Gasteiger partial charge < -0.3 is 14.8 Å². The van der Waals surface area contributed by atoms with Crippen molar-refractivity contribution in [1.82, 2.24) is 0 Å². The summed E-state index contributed by atoms with van der Waals surface area (Å²) in [5.41, 5.74) is 1.44. The van der Waals surface area contributed by atoms with Crippen LogP contribution in [0.4, 0.5) is 5.69 Å². The summed E-state index contributed by atoms with van der Waals surface area (Å²) in [6.07, 6.45) is 2.45. The fourth-order valence-corrected chi connectivity index (χ4v) is 3.21. The van der Waals surface area contributed by atoms with E-state index in [9.17, 15) is 0 Å². The van der Waals surface area contributed by atoms with E-state index in [0.717, 1.165) is 17.2 Å². The Labute approximate surface area is 116 Å². The van der Waals surface area contributed by atoms with Gasteiger partial charge in [0, 0.05) is 12.1 Å². The lowest BCUT2D eigenvalue weighted by Gasteiger charge is -2.21. The Hall–Kier alpha value is -1.38. The third-order valence-electron chi connectivity index (χ3n) is 4.08. The van der Waals surface area contributed by atoms with Gasteiger partial charge in [-0.3, -0.25) is 0 Å². The maximum Gasteiger partial charge on any atom is 0.142 e. The highest BCUT2D eigenvalue weighted by Crippen LogP contribution is 2.43. The van der Waals surface area contributed by atoms with Gasteiger partial charge in [-0.15, -0.1) is 0 Å². The Morgan fingerprint density at radius 2 is 1.89 bits per heavy atom. The fourth-order valence-electron chi connectivity index (χ4n) is 3.21. The molecule has 1 aliphatic carbocycles. The van der Waals surface area contributed by atoms with Crippen LogP contribution in [0.25, 0.3) is 0 Å². The minimum absolute atomic E-state index is 0.420. The molecule has 1 saturated carbocycles. The van der Waals surface area contributed by atoms with Crippen LogP contribution in [-0.2, 0) is 0 Å². The van der Waals surface area contributed by atoms with E-state index in [0.29, 0.717) is 17.4 Å². The van der Waals surface area contributed by atoms with E-state index < -0.39 is 0 Å². The maximum absolute atomic E-state index is 5.42. The van der Waals surface area contributed by atoms with Crippen LogP contribution in [0.1, 0.15) is 33.6 Å². The maximum atomic E-state index is 5.42. The van der Waals surface area contributed by atoms with Crippen molar-refractivity contribution in [3.63, 3.8) is 0 Å². The molecular formula is C16H25NO2. The number of methoxy groups -OCH3 is 2. The van der Waals surface area contributed by atoms with Crippen molar-refractivity contribution < 1.29 is 9.47 Å². The predicted octanol–water partition coefficient (Wildman–Crippen LogP) is 3.94. The first-order valence-corrected chi connectivity index (χ1v) is 6.94. The summed E-state index contributed by atoms with van der Waals surface area (Å²) < 4.78 is 10.7.